The minimum absolute atomic E-state index is 0.155. The lowest BCUT2D eigenvalue weighted by Gasteiger charge is -2.21. The predicted molar refractivity (Wildman–Crippen MR) is 78.1 cm³/mol. The fraction of sp³-hybridized carbons (Fsp3) is 0.500. The summed E-state index contributed by atoms with van der Waals surface area (Å²) in [5.41, 5.74) is 6.12. The van der Waals surface area contributed by atoms with Gasteiger partial charge in [0.05, 0.1) is 7.11 Å². The lowest BCUT2D eigenvalue weighted by molar-refractivity contribution is 0.394. The first-order valence-electron chi connectivity index (χ1n) is 6.07. The summed E-state index contributed by atoms with van der Waals surface area (Å²) in [4.78, 5) is 0.155. The fourth-order valence-electron chi connectivity index (χ4n) is 2.00. The Kier molecular flexibility index (Phi) is 4.59. The lowest BCUT2D eigenvalue weighted by atomic mass is 10.3. The van der Waals surface area contributed by atoms with Crippen molar-refractivity contribution in [1.29, 1.82) is 0 Å². The van der Waals surface area contributed by atoms with E-state index in [-0.39, 0.29) is 4.90 Å². The molecule has 0 unspecified atom stereocenters. The van der Waals surface area contributed by atoms with Crippen LogP contribution in [-0.2, 0) is 10.0 Å². The molecule has 0 aliphatic carbocycles. The molecule has 0 saturated carbocycles. The number of nitrogen functional groups attached to an aromatic ring is 1. The standard InChI is InChI=1S/C12H18N2O3S2/c1-17-11-4-3-10(13)9-12(11)19(15,16)14-5-2-7-18-8-6-14/h3-4,9H,2,5-8,13H2,1H3. The predicted octanol–water partition coefficient (Wildman–Crippen LogP) is 1.40. The van der Waals surface area contributed by atoms with E-state index in [0.29, 0.717) is 24.5 Å². The number of thioether (sulfide) groups is 1. The zero-order valence-electron chi connectivity index (χ0n) is 10.8. The Labute approximate surface area is 118 Å². The maximum atomic E-state index is 12.7. The highest BCUT2D eigenvalue weighted by molar-refractivity contribution is 7.99. The summed E-state index contributed by atoms with van der Waals surface area (Å²) in [5.74, 6) is 2.16. The molecule has 2 N–H and O–H groups in total. The van der Waals surface area contributed by atoms with Crippen molar-refractivity contribution in [3.8, 4) is 5.75 Å². The molecule has 106 valence electrons. The van der Waals surface area contributed by atoms with Gasteiger partial charge in [0.1, 0.15) is 10.6 Å². The molecule has 5 nitrogen and oxygen atoms in total. The third kappa shape index (κ3) is 3.16. The van der Waals surface area contributed by atoms with E-state index in [4.69, 9.17) is 10.5 Å². The highest BCUT2D eigenvalue weighted by Gasteiger charge is 2.28. The van der Waals surface area contributed by atoms with Gasteiger partial charge in [-0.05, 0) is 30.4 Å². The number of ether oxygens (including phenoxy) is 1. The Bertz CT molecular complexity index is 538. The Morgan fingerprint density at radius 2 is 2.11 bits per heavy atom. The number of benzene rings is 1. The van der Waals surface area contributed by atoms with Crippen molar-refractivity contribution in [3.05, 3.63) is 18.2 Å². The van der Waals surface area contributed by atoms with E-state index in [1.165, 1.54) is 17.5 Å². The van der Waals surface area contributed by atoms with Crippen molar-refractivity contribution in [2.45, 2.75) is 11.3 Å². The lowest BCUT2D eigenvalue weighted by Crippen LogP contribution is -2.33. The first-order valence-corrected chi connectivity index (χ1v) is 8.66. The quantitative estimate of drug-likeness (QED) is 0.855. The Balaban J connectivity index is 2.40. The first kappa shape index (κ1) is 14.5. The molecule has 19 heavy (non-hydrogen) atoms. The molecule has 0 radical (unpaired) electrons. The van der Waals surface area contributed by atoms with Crippen molar-refractivity contribution >= 4 is 27.5 Å². The van der Waals surface area contributed by atoms with Crippen LogP contribution in [0.15, 0.2) is 23.1 Å². The second-order valence-electron chi connectivity index (χ2n) is 4.28. The average molecular weight is 302 g/mol. The molecule has 0 atom stereocenters. The second kappa shape index (κ2) is 6.02. The maximum absolute atomic E-state index is 12.7. The number of nitrogens with zero attached hydrogens (tertiary/aromatic N) is 1. The molecule has 1 aromatic carbocycles. The number of hydrogen-bond donors (Lipinski definition) is 1. The number of nitrogens with two attached hydrogens (primary N) is 1. The van der Waals surface area contributed by atoms with E-state index in [0.717, 1.165) is 17.9 Å². The second-order valence-corrected chi connectivity index (χ2v) is 7.41. The van der Waals surface area contributed by atoms with Crippen LogP contribution in [0.5, 0.6) is 5.75 Å². The molecule has 1 heterocycles. The van der Waals surface area contributed by atoms with Crippen LogP contribution in [0.4, 0.5) is 5.69 Å². The largest absolute Gasteiger partial charge is 0.495 e. The van der Waals surface area contributed by atoms with Crippen LogP contribution in [0.25, 0.3) is 0 Å². The molecule has 0 amide bonds. The summed E-state index contributed by atoms with van der Waals surface area (Å²) in [7, 11) is -2.07. The Morgan fingerprint density at radius 3 is 2.84 bits per heavy atom. The summed E-state index contributed by atoms with van der Waals surface area (Å²) in [5, 5.41) is 0. The third-order valence-corrected chi connectivity index (χ3v) is 5.96. The number of anilines is 1. The first-order chi connectivity index (χ1) is 9.05. The van der Waals surface area contributed by atoms with Gasteiger partial charge in [-0.15, -0.1) is 0 Å². The molecule has 2 rings (SSSR count). The summed E-state index contributed by atoms with van der Waals surface area (Å²) in [6, 6.07) is 4.69. The highest BCUT2D eigenvalue weighted by Crippen LogP contribution is 2.29. The van der Waals surface area contributed by atoms with Gasteiger partial charge in [0.25, 0.3) is 0 Å². The van der Waals surface area contributed by atoms with Gasteiger partial charge in [-0.1, -0.05) is 0 Å². The van der Waals surface area contributed by atoms with Gasteiger partial charge < -0.3 is 10.5 Å². The van der Waals surface area contributed by atoms with Crippen LogP contribution in [0.3, 0.4) is 0 Å². The van der Waals surface area contributed by atoms with Crippen LogP contribution in [0.2, 0.25) is 0 Å². The normalized spacial score (nSPS) is 17.9. The maximum Gasteiger partial charge on any atom is 0.246 e. The van der Waals surface area contributed by atoms with Gasteiger partial charge in [0, 0.05) is 24.5 Å². The van der Waals surface area contributed by atoms with Gasteiger partial charge in [-0.3, -0.25) is 0 Å². The minimum Gasteiger partial charge on any atom is -0.495 e. The van der Waals surface area contributed by atoms with Crippen molar-refractivity contribution in [2.24, 2.45) is 0 Å². The molecule has 1 aliphatic heterocycles. The zero-order valence-corrected chi connectivity index (χ0v) is 12.5. The van der Waals surface area contributed by atoms with E-state index in [1.807, 2.05) is 0 Å². The summed E-state index contributed by atoms with van der Waals surface area (Å²) in [6.07, 6.45) is 0.870. The van der Waals surface area contributed by atoms with Gasteiger partial charge in [-0.2, -0.15) is 16.1 Å². The van der Waals surface area contributed by atoms with Crippen molar-refractivity contribution in [3.63, 3.8) is 0 Å². The smallest absolute Gasteiger partial charge is 0.246 e. The number of methoxy groups -OCH3 is 1. The number of sulfonamides is 1. The Morgan fingerprint density at radius 1 is 1.32 bits per heavy atom. The third-order valence-electron chi connectivity index (χ3n) is 2.99. The van der Waals surface area contributed by atoms with Crippen molar-refractivity contribution in [1.82, 2.24) is 4.31 Å². The molecule has 0 aromatic heterocycles. The molecule has 0 spiro atoms. The number of rotatable bonds is 3. The molecular formula is C12H18N2O3S2. The van der Waals surface area contributed by atoms with E-state index in [9.17, 15) is 8.42 Å². The molecule has 7 heteroatoms. The molecule has 1 aromatic rings. The molecule has 1 fully saturated rings. The molecule has 1 saturated heterocycles. The van der Waals surface area contributed by atoms with Gasteiger partial charge in [0.15, 0.2) is 0 Å². The van der Waals surface area contributed by atoms with Crippen LogP contribution in [0.1, 0.15) is 6.42 Å². The SMILES string of the molecule is COc1ccc(N)cc1S(=O)(=O)N1CCCSCC1. The zero-order chi connectivity index (χ0) is 13.9. The van der Waals surface area contributed by atoms with E-state index in [1.54, 1.807) is 23.9 Å². The highest BCUT2D eigenvalue weighted by atomic mass is 32.2. The van der Waals surface area contributed by atoms with Crippen LogP contribution < -0.4 is 10.5 Å². The molecular weight excluding hydrogens is 284 g/mol. The van der Waals surface area contributed by atoms with Crippen LogP contribution in [-0.4, -0.2) is 44.4 Å². The monoisotopic (exact) mass is 302 g/mol. The van der Waals surface area contributed by atoms with Gasteiger partial charge in [-0.25, -0.2) is 8.42 Å². The van der Waals surface area contributed by atoms with Crippen molar-refractivity contribution in [2.75, 3.05) is 37.4 Å². The summed E-state index contributed by atoms with van der Waals surface area (Å²) in [6.45, 7) is 1.08. The van der Waals surface area contributed by atoms with E-state index >= 15 is 0 Å². The average Bonchev–Trinajstić information content (AvgIpc) is 2.68. The molecule has 1 aliphatic rings. The van der Waals surface area contributed by atoms with Crippen LogP contribution in [0, 0.1) is 0 Å². The molecule has 0 bridgehead atoms. The summed E-state index contributed by atoms with van der Waals surface area (Å²) < 4.78 is 32.0. The van der Waals surface area contributed by atoms with Gasteiger partial charge in [0.2, 0.25) is 10.0 Å². The Hall–Kier alpha value is -0.920. The van der Waals surface area contributed by atoms with E-state index in [2.05, 4.69) is 0 Å². The topological polar surface area (TPSA) is 72.6 Å². The van der Waals surface area contributed by atoms with Gasteiger partial charge >= 0.3 is 0 Å². The van der Waals surface area contributed by atoms with Crippen LogP contribution >= 0.6 is 11.8 Å². The summed E-state index contributed by atoms with van der Waals surface area (Å²) >= 11 is 1.78. The number of hydrogen-bond acceptors (Lipinski definition) is 5. The van der Waals surface area contributed by atoms with E-state index < -0.39 is 10.0 Å². The van der Waals surface area contributed by atoms with Crippen molar-refractivity contribution < 1.29 is 13.2 Å². The fourth-order valence-corrected chi connectivity index (χ4v) is 4.67. The minimum atomic E-state index is -3.54.